The van der Waals surface area contributed by atoms with Gasteiger partial charge in [-0.05, 0) is 49.3 Å². The molecule has 2 aromatic rings. The molecule has 0 radical (unpaired) electrons. The molecular weight excluding hydrogens is 276 g/mol. The van der Waals surface area contributed by atoms with Crippen LogP contribution in [0.5, 0.6) is 0 Å². The number of fused-ring (bicyclic) bond motifs is 1. The third-order valence-corrected chi connectivity index (χ3v) is 5.06. The maximum Gasteiger partial charge on any atom is 0.184 e. The maximum atomic E-state index is 6.00. The lowest BCUT2D eigenvalue weighted by atomic mass is 9.80. The summed E-state index contributed by atoms with van der Waals surface area (Å²) in [6, 6.07) is 6.48. The van der Waals surface area contributed by atoms with Crippen molar-refractivity contribution in [3.8, 4) is 0 Å². The van der Waals surface area contributed by atoms with Crippen LogP contribution >= 0.6 is 22.9 Å². The third-order valence-electron chi connectivity index (χ3n) is 3.86. The van der Waals surface area contributed by atoms with Crippen molar-refractivity contribution >= 4 is 38.3 Å². The molecule has 0 aliphatic heterocycles. The van der Waals surface area contributed by atoms with Gasteiger partial charge in [-0.3, -0.25) is 0 Å². The van der Waals surface area contributed by atoms with Crippen molar-refractivity contribution in [1.29, 1.82) is 0 Å². The number of halogens is 1. The summed E-state index contributed by atoms with van der Waals surface area (Å²) in [6.07, 6.45) is 3.86. The van der Waals surface area contributed by atoms with Gasteiger partial charge in [-0.15, -0.1) is 0 Å². The number of thiazole rings is 1. The molecular formula is C15H19ClN2S. The predicted molar refractivity (Wildman–Crippen MR) is 84.2 cm³/mol. The number of anilines is 1. The fourth-order valence-corrected chi connectivity index (χ4v) is 4.29. The lowest BCUT2D eigenvalue weighted by Crippen LogP contribution is -2.30. The monoisotopic (exact) mass is 294 g/mol. The van der Waals surface area contributed by atoms with Crippen LogP contribution in [0.4, 0.5) is 5.13 Å². The van der Waals surface area contributed by atoms with E-state index in [4.69, 9.17) is 11.6 Å². The van der Waals surface area contributed by atoms with Crippen molar-refractivity contribution in [2.24, 2.45) is 11.8 Å². The van der Waals surface area contributed by atoms with E-state index in [1.54, 1.807) is 11.3 Å². The van der Waals surface area contributed by atoms with Crippen LogP contribution in [-0.2, 0) is 0 Å². The van der Waals surface area contributed by atoms with Gasteiger partial charge >= 0.3 is 0 Å². The molecule has 1 fully saturated rings. The Morgan fingerprint density at radius 3 is 2.68 bits per heavy atom. The average molecular weight is 295 g/mol. The molecule has 2 atom stereocenters. The Hall–Kier alpha value is -0.800. The molecule has 1 saturated carbocycles. The quantitative estimate of drug-likeness (QED) is 0.825. The van der Waals surface area contributed by atoms with E-state index in [1.807, 2.05) is 18.2 Å². The molecule has 1 N–H and O–H groups in total. The first kappa shape index (κ1) is 13.2. The van der Waals surface area contributed by atoms with Crippen LogP contribution in [-0.4, -0.2) is 11.0 Å². The summed E-state index contributed by atoms with van der Waals surface area (Å²) < 4.78 is 1.20. The molecule has 1 aliphatic rings. The second-order valence-corrected chi connectivity index (χ2v) is 7.36. The van der Waals surface area contributed by atoms with Gasteiger partial charge in [0, 0.05) is 11.1 Å². The van der Waals surface area contributed by atoms with Crippen LogP contribution in [0, 0.1) is 11.8 Å². The highest BCUT2D eigenvalue weighted by atomic mass is 35.5. The SMILES string of the molecule is CC1CC(C)CC(Nc2nc3cc(Cl)ccc3s2)C1. The van der Waals surface area contributed by atoms with Crippen molar-refractivity contribution in [1.82, 2.24) is 4.98 Å². The molecule has 3 rings (SSSR count). The van der Waals surface area contributed by atoms with Gasteiger partial charge in [-0.1, -0.05) is 36.8 Å². The summed E-state index contributed by atoms with van der Waals surface area (Å²) in [5.41, 5.74) is 0.997. The summed E-state index contributed by atoms with van der Waals surface area (Å²) in [5.74, 6) is 1.62. The molecule has 1 aromatic carbocycles. The van der Waals surface area contributed by atoms with Crippen molar-refractivity contribution in [3.05, 3.63) is 23.2 Å². The van der Waals surface area contributed by atoms with Crippen LogP contribution in [0.25, 0.3) is 10.2 Å². The number of hydrogen-bond donors (Lipinski definition) is 1. The Bertz CT molecular complexity index is 571. The van der Waals surface area contributed by atoms with Crippen LogP contribution in [0.2, 0.25) is 5.02 Å². The summed E-state index contributed by atoms with van der Waals surface area (Å²) in [4.78, 5) is 4.64. The number of nitrogens with zero attached hydrogens (tertiary/aromatic N) is 1. The van der Waals surface area contributed by atoms with E-state index < -0.39 is 0 Å². The molecule has 1 aromatic heterocycles. The molecule has 2 nitrogen and oxygen atoms in total. The lowest BCUT2D eigenvalue weighted by Gasteiger charge is -2.31. The van der Waals surface area contributed by atoms with Gasteiger partial charge in [-0.25, -0.2) is 4.98 Å². The molecule has 102 valence electrons. The van der Waals surface area contributed by atoms with Crippen molar-refractivity contribution < 1.29 is 0 Å². The van der Waals surface area contributed by atoms with E-state index in [1.165, 1.54) is 24.0 Å². The Morgan fingerprint density at radius 1 is 1.21 bits per heavy atom. The highest BCUT2D eigenvalue weighted by Gasteiger charge is 2.24. The molecule has 2 unspecified atom stereocenters. The number of nitrogens with one attached hydrogen (secondary N) is 1. The first-order chi connectivity index (χ1) is 9.10. The molecule has 0 bridgehead atoms. The van der Waals surface area contributed by atoms with Crippen molar-refractivity contribution in [3.63, 3.8) is 0 Å². The van der Waals surface area contributed by atoms with Crippen molar-refractivity contribution in [2.45, 2.75) is 39.2 Å². The van der Waals surface area contributed by atoms with Gasteiger partial charge in [0.1, 0.15) is 0 Å². The highest BCUT2D eigenvalue weighted by Crippen LogP contribution is 2.33. The van der Waals surface area contributed by atoms with Gasteiger partial charge in [0.2, 0.25) is 0 Å². The number of hydrogen-bond acceptors (Lipinski definition) is 3. The molecule has 0 amide bonds. The summed E-state index contributed by atoms with van der Waals surface area (Å²) in [5, 5.41) is 5.40. The first-order valence-electron chi connectivity index (χ1n) is 6.93. The topological polar surface area (TPSA) is 24.9 Å². The number of benzene rings is 1. The number of rotatable bonds is 2. The molecule has 1 heterocycles. The lowest BCUT2D eigenvalue weighted by molar-refractivity contribution is 0.281. The zero-order valence-corrected chi connectivity index (χ0v) is 12.9. The first-order valence-corrected chi connectivity index (χ1v) is 8.12. The van der Waals surface area contributed by atoms with Gasteiger partial charge in [0.05, 0.1) is 10.2 Å². The zero-order chi connectivity index (χ0) is 13.4. The van der Waals surface area contributed by atoms with E-state index in [2.05, 4.69) is 24.1 Å². The Balaban J connectivity index is 1.77. The van der Waals surface area contributed by atoms with Gasteiger partial charge in [-0.2, -0.15) is 0 Å². The van der Waals surface area contributed by atoms with Crippen LogP contribution in [0.1, 0.15) is 33.1 Å². The summed E-state index contributed by atoms with van der Waals surface area (Å²) >= 11 is 7.72. The average Bonchev–Trinajstić information content (AvgIpc) is 2.68. The number of aromatic nitrogens is 1. The summed E-state index contributed by atoms with van der Waals surface area (Å²) in [7, 11) is 0. The fraction of sp³-hybridized carbons (Fsp3) is 0.533. The van der Waals surface area contributed by atoms with Crippen LogP contribution in [0.3, 0.4) is 0 Å². The smallest absolute Gasteiger partial charge is 0.184 e. The molecule has 1 aliphatic carbocycles. The van der Waals surface area contributed by atoms with Gasteiger partial charge in [0.15, 0.2) is 5.13 Å². The van der Waals surface area contributed by atoms with Crippen LogP contribution < -0.4 is 5.32 Å². The minimum absolute atomic E-state index is 0.565. The molecule has 0 saturated heterocycles. The second kappa shape index (κ2) is 5.29. The largest absolute Gasteiger partial charge is 0.359 e. The third kappa shape index (κ3) is 3.03. The normalized spacial score (nSPS) is 27.6. The van der Waals surface area contributed by atoms with E-state index >= 15 is 0 Å². The Labute approximate surface area is 123 Å². The predicted octanol–water partition coefficient (Wildman–Crippen LogP) is 5.19. The van der Waals surface area contributed by atoms with E-state index in [9.17, 15) is 0 Å². The molecule has 0 spiro atoms. The fourth-order valence-electron chi connectivity index (χ4n) is 3.20. The highest BCUT2D eigenvalue weighted by molar-refractivity contribution is 7.22. The maximum absolute atomic E-state index is 6.00. The standard InChI is InChI=1S/C15H19ClN2S/c1-9-5-10(2)7-12(6-9)17-15-18-13-8-11(16)3-4-14(13)19-15/h3-4,8-10,12H,5-7H2,1-2H3,(H,17,18). The minimum atomic E-state index is 0.565. The van der Waals surface area contributed by atoms with E-state index in [0.29, 0.717) is 6.04 Å². The molecule has 19 heavy (non-hydrogen) atoms. The van der Waals surface area contributed by atoms with Gasteiger partial charge < -0.3 is 5.32 Å². The Morgan fingerprint density at radius 2 is 1.95 bits per heavy atom. The second-order valence-electron chi connectivity index (χ2n) is 5.89. The Kier molecular flexibility index (Phi) is 3.68. The van der Waals surface area contributed by atoms with Crippen LogP contribution in [0.15, 0.2) is 18.2 Å². The molecule has 4 heteroatoms. The van der Waals surface area contributed by atoms with Gasteiger partial charge in [0.25, 0.3) is 0 Å². The van der Waals surface area contributed by atoms with E-state index in [0.717, 1.165) is 27.5 Å². The zero-order valence-electron chi connectivity index (χ0n) is 11.3. The van der Waals surface area contributed by atoms with Crippen molar-refractivity contribution in [2.75, 3.05) is 5.32 Å². The minimum Gasteiger partial charge on any atom is -0.359 e. The summed E-state index contributed by atoms with van der Waals surface area (Å²) in [6.45, 7) is 4.70. The van der Waals surface area contributed by atoms with E-state index in [-0.39, 0.29) is 0 Å².